The molecule has 16 heavy (non-hydrogen) atoms. The van der Waals surface area contributed by atoms with Crippen LogP contribution in [0.1, 0.15) is 5.56 Å². The minimum Gasteiger partial charge on any atom is -0.473 e. The summed E-state index contributed by atoms with van der Waals surface area (Å²) in [6.45, 7) is -0.200. The molecule has 0 aliphatic carbocycles. The summed E-state index contributed by atoms with van der Waals surface area (Å²) in [6, 6.07) is 8.44. The lowest BCUT2D eigenvalue weighted by Gasteiger charge is -1.96. The topological polar surface area (TPSA) is 97.8 Å². The summed E-state index contributed by atoms with van der Waals surface area (Å²) in [4.78, 5) is 21.1. The Morgan fingerprint density at radius 2 is 1.56 bits per heavy atom. The molecular weight excluding hydrogens is 214 g/mol. The van der Waals surface area contributed by atoms with E-state index in [1.54, 1.807) is 30.3 Å². The second kappa shape index (κ2) is 4.92. The Morgan fingerprint density at radius 1 is 1.06 bits per heavy atom. The molecule has 1 aromatic carbocycles. The predicted octanol–water partition coefficient (Wildman–Crippen LogP) is 0.198. The number of nitrogens with zero attached hydrogens (tertiary/aromatic N) is 1. The standard InChI is InChI=1S/C10H9NO5/c12-9(13)8(10(14)15)11(16)6-7-4-2-1-3-5-7/h1-5H,6H2,(H2-,12,13,14,15,16)/p+1. The van der Waals surface area contributed by atoms with Crippen LogP contribution in [0.25, 0.3) is 0 Å². The van der Waals surface area contributed by atoms with E-state index in [9.17, 15) is 14.8 Å². The number of hydrogen-bond donors (Lipinski definition) is 3. The van der Waals surface area contributed by atoms with Crippen molar-refractivity contribution >= 4 is 17.7 Å². The maximum atomic E-state index is 10.6. The number of aliphatic carboxylic acids is 2. The average Bonchev–Trinajstić information content (AvgIpc) is 2.17. The fourth-order valence-electron chi connectivity index (χ4n) is 1.15. The van der Waals surface area contributed by atoms with Gasteiger partial charge in [-0.05, 0) is 4.74 Å². The quantitative estimate of drug-likeness (QED) is 0.223. The Morgan fingerprint density at radius 3 is 2.00 bits per heavy atom. The molecule has 6 heteroatoms. The highest BCUT2D eigenvalue weighted by Crippen LogP contribution is 1.99. The van der Waals surface area contributed by atoms with Crippen molar-refractivity contribution in [3.63, 3.8) is 0 Å². The van der Waals surface area contributed by atoms with Gasteiger partial charge < -0.3 is 10.2 Å². The molecule has 0 atom stereocenters. The Bertz CT molecular complexity index is 422. The molecule has 84 valence electrons. The Hall–Kier alpha value is -2.37. The van der Waals surface area contributed by atoms with E-state index in [1.807, 2.05) is 0 Å². The Balaban J connectivity index is 2.99. The van der Waals surface area contributed by atoms with E-state index in [0.29, 0.717) is 5.56 Å². The van der Waals surface area contributed by atoms with Crippen LogP contribution in [0, 0.1) is 0 Å². The zero-order valence-corrected chi connectivity index (χ0v) is 8.20. The molecule has 0 aliphatic heterocycles. The van der Waals surface area contributed by atoms with E-state index < -0.39 is 17.7 Å². The molecule has 0 saturated heterocycles. The van der Waals surface area contributed by atoms with Crippen LogP contribution in [0.4, 0.5) is 0 Å². The number of hydrogen-bond acceptors (Lipinski definition) is 3. The van der Waals surface area contributed by atoms with Crippen LogP contribution >= 0.6 is 0 Å². The molecule has 1 rings (SSSR count). The van der Waals surface area contributed by atoms with Crippen molar-refractivity contribution in [1.29, 1.82) is 0 Å². The van der Waals surface area contributed by atoms with Gasteiger partial charge in [0.2, 0.25) is 6.54 Å². The summed E-state index contributed by atoms with van der Waals surface area (Å²) in [6.07, 6.45) is 0. The van der Waals surface area contributed by atoms with Crippen LogP contribution in [0.2, 0.25) is 0 Å². The lowest BCUT2D eigenvalue weighted by Crippen LogP contribution is -2.33. The Kier molecular flexibility index (Phi) is 3.60. The van der Waals surface area contributed by atoms with E-state index in [-0.39, 0.29) is 11.3 Å². The van der Waals surface area contributed by atoms with Crippen LogP contribution in [0.5, 0.6) is 0 Å². The van der Waals surface area contributed by atoms with Crippen molar-refractivity contribution in [2.24, 2.45) is 0 Å². The summed E-state index contributed by atoms with van der Waals surface area (Å²) in [5.41, 5.74) is -0.478. The van der Waals surface area contributed by atoms with Gasteiger partial charge in [0, 0.05) is 5.56 Å². The smallest absolute Gasteiger partial charge is 0.418 e. The lowest BCUT2D eigenvalue weighted by atomic mass is 10.2. The molecule has 0 aliphatic rings. The largest absolute Gasteiger partial charge is 0.473 e. The number of rotatable bonds is 4. The average molecular weight is 224 g/mol. The summed E-state index contributed by atoms with van der Waals surface area (Å²) in [7, 11) is 0. The van der Waals surface area contributed by atoms with Gasteiger partial charge >= 0.3 is 17.7 Å². The molecule has 0 aromatic heterocycles. The monoisotopic (exact) mass is 224 g/mol. The normalized spacial score (nSPS) is 9.50. The van der Waals surface area contributed by atoms with Gasteiger partial charge in [0.25, 0.3) is 0 Å². The maximum Gasteiger partial charge on any atom is 0.418 e. The SMILES string of the molecule is O=C(O)C(C(=O)O)=[N+](O)Cc1ccccc1. The van der Waals surface area contributed by atoms with Crippen molar-refractivity contribution in [1.82, 2.24) is 0 Å². The van der Waals surface area contributed by atoms with Crippen LogP contribution in [-0.2, 0) is 16.1 Å². The minimum atomic E-state index is -1.69. The number of hydroxylamine groups is 1. The van der Waals surface area contributed by atoms with E-state index >= 15 is 0 Å². The number of benzene rings is 1. The molecule has 0 fully saturated rings. The number of carboxylic acids is 2. The van der Waals surface area contributed by atoms with E-state index in [4.69, 9.17) is 10.2 Å². The van der Waals surface area contributed by atoms with Gasteiger partial charge in [-0.25, -0.2) is 9.59 Å². The molecule has 0 radical (unpaired) electrons. The zero-order chi connectivity index (χ0) is 12.1. The van der Waals surface area contributed by atoms with Crippen LogP contribution in [0.15, 0.2) is 30.3 Å². The maximum absolute atomic E-state index is 10.6. The molecule has 0 amide bonds. The van der Waals surface area contributed by atoms with E-state index in [1.165, 1.54) is 0 Å². The molecule has 0 heterocycles. The molecular formula is C10H10NO5+. The van der Waals surface area contributed by atoms with E-state index in [0.717, 1.165) is 0 Å². The van der Waals surface area contributed by atoms with Crippen molar-refractivity contribution in [2.45, 2.75) is 6.54 Å². The molecule has 0 unspecified atom stereocenters. The first-order chi connectivity index (χ1) is 7.52. The second-order valence-corrected chi connectivity index (χ2v) is 3.00. The number of carboxylic acid groups (broad SMARTS) is 2. The highest BCUT2D eigenvalue weighted by atomic mass is 16.5. The fourth-order valence-corrected chi connectivity index (χ4v) is 1.15. The summed E-state index contributed by atoms with van der Waals surface area (Å²) >= 11 is 0. The molecule has 3 N–H and O–H groups in total. The lowest BCUT2D eigenvalue weighted by molar-refractivity contribution is -0.785. The highest BCUT2D eigenvalue weighted by molar-refractivity contribution is 6.59. The third-order valence-electron chi connectivity index (χ3n) is 1.84. The molecule has 0 bridgehead atoms. The van der Waals surface area contributed by atoms with Crippen LogP contribution in [0.3, 0.4) is 0 Å². The summed E-state index contributed by atoms with van der Waals surface area (Å²) < 4.78 is 0.194. The van der Waals surface area contributed by atoms with Gasteiger partial charge in [0.15, 0.2) is 0 Å². The van der Waals surface area contributed by atoms with Crippen molar-refractivity contribution in [3.05, 3.63) is 35.9 Å². The fraction of sp³-hybridized carbons (Fsp3) is 0.100. The molecule has 0 spiro atoms. The second-order valence-electron chi connectivity index (χ2n) is 3.00. The van der Waals surface area contributed by atoms with Gasteiger partial charge in [0.1, 0.15) is 0 Å². The summed E-state index contributed by atoms with van der Waals surface area (Å²) in [5.74, 6) is -3.38. The Labute approximate surface area is 90.7 Å². The third-order valence-corrected chi connectivity index (χ3v) is 1.84. The van der Waals surface area contributed by atoms with Gasteiger partial charge in [-0.1, -0.05) is 30.3 Å². The summed E-state index contributed by atoms with van der Waals surface area (Å²) in [5, 5.41) is 26.5. The first-order valence-corrected chi connectivity index (χ1v) is 4.36. The van der Waals surface area contributed by atoms with Crippen LogP contribution < -0.4 is 0 Å². The zero-order valence-electron chi connectivity index (χ0n) is 8.20. The van der Waals surface area contributed by atoms with Crippen molar-refractivity contribution < 1.29 is 29.7 Å². The first-order valence-electron chi connectivity index (χ1n) is 4.36. The van der Waals surface area contributed by atoms with Gasteiger partial charge in [-0.3, -0.25) is 5.21 Å². The van der Waals surface area contributed by atoms with Gasteiger partial charge in [0.05, 0.1) is 0 Å². The predicted molar refractivity (Wildman–Crippen MR) is 52.5 cm³/mol. The number of carbonyl (C=O) groups is 2. The van der Waals surface area contributed by atoms with Gasteiger partial charge in [-0.2, -0.15) is 0 Å². The van der Waals surface area contributed by atoms with Crippen molar-refractivity contribution in [3.8, 4) is 0 Å². The molecule has 1 aromatic rings. The van der Waals surface area contributed by atoms with E-state index in [2.05, 4.69) is 0 Å². The van der Waals surface area contributed by atoms with Gasteiger partial charge in [-0.15, -0.1) is 0 Å². The van der Waals surface area contributed by atoms with Crippen molar-refractivity contribution in [2.75, 3.05) is 0 Å². The van der Waals surface area contributed by atoms with Crippen LogP contribution in [-0.4, -0.2) is 37.8 Å². The highest BCUT2D eigenvalue weighted by Gasteiger charge is 2.32. The minimum absolute atomic E-state index is 0.194. The molecule has 6 nitrogen and oxygen atoms in total. The third kappa shape index (κ3) is 2.81. The first kappa shape index (κ1) is 11.7. The molecule has 0 saturated carbocycles.